The summed E-state index contributed by atoms with van der Waals surface area (Å²) in [5.74, 6) is -0.809. The molecule has 148 valence electrons. The van der Waals surface area contributed by atoms with E-state index in [2.05, 4.69) is 32.2 Å². The molecule has 2 aromatic rings. The zero-order chi connectivity index (χ0) is 20.3. The molecule has 0 aromatic heterocycles. The molecule has 0 radical (unpaired) electrons. The van der Waals surface area contributed by atoms with Crippen molar-refractivity contribution < 1.29 is 14.3 Å². The summed E-state index contributed by atoms with van der Waals surface area (Å²) in [4.78, 5) is 12.0. The maximum atomic E-state index is 14.6. The Labute approximate surface area is 166 Å². The third-order valence-electron chi connectivity index (χ3n) is 5.57. The minimum absolute atomic E-state index is 0.147. The van der Waals surface area contributed by atoms with Crippen molar-refractivity contribution in [2.24, 2.45) is 5.41 Å². The highest BCUT2D eigenvalue weighted by Gasteiger charge is 2.26. The van der Waals surface area contributed by atoms with Gasteiger partial charge < -0.3 is 10.4 Å². The maximum Gasteiger partial charge on any atom is 0.251 e. The van der Waals surface area contributed by atoms with Crippen LogP contribution < -0.4 is 5.32 Å². The van der Waals surface area contributed by atoms with Crippen molar-refractivity contribution in [1.82, 2.24) is 5.32 Å². The van der Waals surface area contributed by atoms with Crippen LogP contribution in [-0.4, -0.2) is 24.2 Å². The fourth-order valence-corrected chi connectivity index (χ4v) is 4.03. The van der Waals surface area contributed by atoms with E-state index in [-0.39, 0.29) is 30.0 Å². The van der Waals surface area contributed by atoms with Gasteiger partial charge in [0.15, 0.2) is 0 Å². The predicted molar refractivity (Wildman–Crippen MR) is 113 cm³/mol. The number of nitrogens with one attached hydrogen (secondary N) is 1. The molecule has 0 aliphatic heterocycles. The Morgan fingerprint density at radius 3 is 2.75 bits per heavy atom. The molecule has 3 nitrogen and oxygen atoms in total. The lowest BCUT2D eigenvalue weighted by Crippen LogP contribution is -2.26. The molecular formula is C24H28FNO2. The number of rotatable bonds is 5. The van der Waals surface area contributed by atoms with Gasteiger partial charge in [-0.15, -0.1) is 0 Å². The lowest BCUT2D eigenvalue weighted by molar-refractivity contribution is 0.0944. The van der Waals surface area contributed by atoms with Gasteiger partial charge in [-0.2, -0.15) is 0 Å². The summed E-state index contributed by atoms with van der Waals surface area (Å²) in [6, 6.07) is 8.53. The number of aliphatic hydroxyl groups excluding tert-OH is 1. The first kappa shape index (κ1) is 20.3. The van der Waals surface area contributed by atoms with Gasteiger partial charge in [0, 0.05) is 17.5 Å². The van der Waals surface area contributed by atoms with Crippen molar-refractivity contribution in [1.29, 1.82) is 0 Å². The number of hydrogen-bond donors (Lipinski definition) is 2. The maximum absolute atomic E-state index is 14.6. The Morgan fingerprint density at radius 2 is 2.04 bits per heavy atom. The summed E-state index contributed by atoms with van der Waals surface area (Å²) in [5.41, 5.74) is 4.16. The summed E-state index contributed by atoms with van der Waals surface area (Å²) in [6.07, 6.45) is 7.76. The molecule has 0 atom stereocenters. The van der Waals surface area contributed by atoms with Crippen LogP contribution in [0.15, 0.2) is 47.6 Å². The summed E-state index contributed by atoms with van der Waals surface area (Å²) in [6.45, 7) is 6.75. The van der Waals surface area contributed by atoms with E-state index in [1.165, 1.54) is 30.1 Å². The Morgan fingerprint density at radius 1 is 1.25 bits per heavy atom. The lowest BCUT2D eigenvalue weighted by atomic mass is 9.72. The normalized spacial score (nSPS) is 16.8. The van der Waals surface area contributed by atoms with E-state index in [1.54, 1.807) is 6.07 Å². The first-order valence-corrected chi connectivity index (χ1v) is 9.82. The van der Waals surface area contributed by atoms with Gasteiger partial charge in [-0.1, -0.05) is 43.7 Å². The second-order valence-electron chi connectivity index (χ2n) is 8.18. The molecule has 28 heavy (non-hydrogen) atoms. The molecule has 0 saturated heterocycles. The van der Waals surface area contributed by atoms with Crippen LogP contribution in [0.4, 0.5) is 4.39 Å². The molecule has 2 N–H and O–H groups in total. The van der Waals surface area contributed by atoms with Gasteiger partial charge in [0.25, 0.3) is 5.91 Å². The van der Waals surface area contributed by atoms with Gasteiger partial charge in [0.1, 0.15) is 5.82 Å². The highest BCUT2D eigenvalue weighted by molar-refractivity contribution is 5.99. The van der Waals surface area contributed by atoms with Crippen molar-refractivity contribution in [3.63, 3.8) is 0 Å². The van der Waals surface area contributed by atoms with Crippen LogP contribution >= 0.6 is 0 Å². The van der Waals surface area contributed by atoms with E-state index in [0.717, 1.165) is 12.0 Å². The van der Waals surface area contributed by atoms with Crippen molar-refractivity contribution in [2.75, 3.05) is 13.2 Å². The molecule has 1 amide bonds. The van der Waals surface area contributed by atoms with Crippen LogP contribution in [0, 0.1) is 11.2 Å². The second kappa shape index (κ2) is 8.27. The number of halogens is 1. The van der Waals surface area contributed by atoms with E-state index in [9.17, 15) is 9.18 Å². The largest absolute Gasteiger partial charge is 0.395 e. The van der Waals surface area contributed by atoms with E-state index in [0.29, 0.717) is 10.8 Å². The van der Waals surface area contributed by atoms with Crippen LogP contribution in [0.2, 0.25) is 0 Å². The molecule has 0 saturated carbocycles. The third-order valence-corrected chi connectivity index (χ3v) is 5.57. The Hall–Kier alpha value is -2.46. The summed E-state index contributed by atoms with van der Waals surface area (Å²) >= 11 is 0. The van der Waals surface area contributed by atoms with Gasteiger partial charge in [0.2, 0.25) is 0 Å². The Kier molecular flexibility index (Phi) is 5.99. The molecule has 0 bridgehead atoms. The number of hydrogen-bond acceptors (Lipinski definition) is 2. The topological polar surface area (TPSA) is 49.3 Å². The number of fused-ring (bicyclic) bond motifs is 1. The smallest absolute Gasteiger partial charge is 0.251 e. The Balaban J connectivity index is 1.90. The van der Waals surface area contributed by atoms with Gasteiger partial charge in [-0.05, 0) is 66.3 Å². The van der Waals surface area contributed by atoms with Gasteiger partial charge in [-0.25, -0.2) is 4.39 Å². The van der Waals surface area contributed by atoms with Gasteiger partial charge in [0.05, 0.1) is 6.61 Å². The summed E-state index contributed by atoms with van der Waals surface area (Å²) in [7, 11) is 0. The molecular weight excluding hydrogens is 353 g/mol. The predicted octanol–water partition coefficient (Wildman–Crippen LogP) is 5.24. The molecule has 0 fully saturated rings. The van der Waals surface area contributed by atoms with Crippen LogP contribution in [0.3, 0.4) is 0 Å². The van der Waals surface area contributed by atoms with E-state index in [4.69, 9.17) is 5.11 Å². The van der Waals surface area contributed by atoms with Crippen molar-refractivity contribution in [2.45, 2.75) is 40.0 Å². The first-order chi connectivity index (χ1) is 13.3. The first-order valence-electron chi connectivity index (χ1n) is 9.82. The zero-order valence-electron chi connectivity index (χ0n) is 16.8. The lowest BCUT2D eigenvalue weighted by Gasteiger charge is -2.32. The van der Waals surface area contributed by atoms with Gasteiger partial charge in [-0.3, -0.25) is 4.79 Å². The minimum Gasteiger partial charge on any atom is -0.395 e. The molecule has 0 heterocycles. The number of carbonyl (C=O) groups excluding carboxylic acids is 1. The average molecular weight is 381 g/mol. The standard InChI is InChI=1S/C24H28FNO2/c1-16-5-4-10-24(2,3)21(16)9-7-17-6-8-18-14-19(23(28)26-11-12-27)15-22(25)20(18)13-17/h6-9,13-15,27H,4-5,10-12H2,1-3H3,(H,26,28). The van der Waals surface area contributed by atoms with E-state index in [1.807, 2.05) is 24.3 Å². The van der Waals surface area contributed by atoms with Crippen LogP contribution in [0.1, 0.15) is 56.0 Å². The highest BCUT2D eigenvalue weighted by atomic mass is 19.1. The molecule has 4 heteroatoms. The highest BCUT2D eigenvalue weighted by Crippen LogP contribution is 2.41. The van der Waals surface area contributed by atoms with E-state index < -0.39 is 5.82 Å². The fourth-order valence-electron chi connectivity index (χ4n) is 4.03. The SMILES string of the molecule is CC1=C(C=Cc2ccc3cc(C(=O)NCCO)cc(F)c3c2)C(C)(C)CCC1. The fraction of sp³-hybridized carbons (Fsp3) is 0.375. The number of benzene rings is 2. The summed E-state index contributed by atoms with van der Waals surface area (Å²) in [5, 5.41) is 12.5. The van der Waals surface area contributed by atoms with Crippen molar-refractivity contribution in [3.8, 4) is 0 Å². The Bertz CT molecular complexity index is 956. The van der Waals surface area contributed by atoms with Crippen LogP contribution in [-0.2, 0) is 0 Å². The minimum atomic E-state index is -0.421. The van der Waals surface area contributed by atoms with E-state index >= 15 is 0 Å². The number of aliphatic hydroxyl groups is 1. The number of allylic oxidation sites excluding steroid dienone is 3. The zero-order valence-corrected chi connectivity index (χ0v) is 16.8. The molecule has 0 spiro atoms. The molecule has 2 aromatic carbocycles. The van der Waals surface area contributed by atoms with Crippen LogP contribution in [0.5, 0.6) is 0 Å². The summed E-state index contributed by atoms with van der Waals surface area (Å²) < 4.78 is 14.6. The van der Waals surface area contributed by atoms with Crippen molar-refractivity contribution >= 4 is 22.8 Å². The average Bonchev–Trinajstić information content (AvgIpc) is 2.65. The molecule has 1 aliphatic rings. The number of carbonyl (C=O) groups is 1. The number of amides is 1. The molecule has 0 unspecified atom stereocenters. The quantitative estimate of drug-likeness (QED) is 0.744. The molecule has 1 aliphatic carbocycles. The van der Waals surface area contributed by atoms with Crippen molar-refractivity contribution in [3.05, 3.63) is 64.5 Å². The monoisotopic (exact) mass is 381 g/mol. The third kappa shape index (κ3) is 4.33. The molecule has 3 rings (SSSR count). The van der Waals surface area contributed by atoms with Crippen LogP contribution in [0.25, 0.3) is 16.8 Å². The second-order valence-corrected chi connectivity index (χ2v) is 8.18. The van der Waals surface area contributed by atoms with Gasteiger partial charge >= 0.3 is 0 Å².